The topological polar surface area (TPSA) is 33.5 Å². The maximum atomic E-state index is 12.4. The van der Waals surface area contributed by atoms with Crippen LogP contribution in [-0.2, 0) is 11.2 Å². The van der Waals surface area contributed by atoms with E-state index in [-0.39, 0.29) is 11.9 Å². The lowest BCUT2D eigenvalue weighted by Crippen LogP contribution is -2.29. The number of nitrogens with zero attached hydrogens (tertiary/aromatic N) is 1. The van der Waals surface area contributed by atoms with Crippen molar-refractivity contribution in [3.63, 3.8) is 0 Å². The minimum atomic E-state index is -0.0587. The van der Waals surface area contributed by atoms with E-state index in [1.54, 1.807) is 16.2 Å². The molecule has 0 aliphatic rings. The van der Waals surface area contributed by atoms with Crippen molar-refractivity contribution in [2.75, 3.05) is 7.05 Å². The molecular weight excluding hydrogens is 306 g/mol. The van der Waals surface area contributed by atoms with Crippen molar-refractivity contribution in [3.8, 4) is 0 Å². The second-order valence-electron chi connectivity index (χ2n) is 5.80. The lowest BCUT2D eigenvalue weighted by Gasteiger charge is -2.23. The Kier molecular flexibility index (Phi) is 4.82. The number of carbonyl (C=O) groups is 1. The molecule has 0 spiro atoms. The molecule has 0 saturated heterocycles. The summed E-state index contributed by atoms with van der Waals surface area (Å²) in [6.45, 7) is 2.01. The maximum absolute atomic E-state index is 12.4. The van der Waals surface area contributed by atoms with Gasteiger partial charge in [-0.3, -0.25) is 4.79 Å². The zero-order chi connectivity index (χ0) is 16.2. The number of hydrogen-bond acceptors (Lipinski definition) is 3. The first-order chi connectivity index (χ1) is 11.1. The molecule has 0 radical (unpaired) electrons. The van der Waals surface area contributed by atoms with Gasteiger partial charge in [0.2, 0.25) is 5.91 Å². The third-order valence-corrected chi connectivity index (χ3v) is 5.16. The SMILES string of the molecule is CC(c1cc2ccccc2o1)N(C)C(=O)CCCc1cccs1. The number of fused-ring (bicyclic) bond motifs is 1. The second kappa shape index (κ2) is 7.01. The first-order valence-electron chi connectivity index (χ1n) is 7.91. The molecule has 2 aromatic heterocycles. The van der Waals surface area contributed by atoms with Gasteiger partial charge in [0.15, 0.2) is 0 Å². The molecule has 0 N–H and O–H groups in total. The van der Waals surface area contributed by atoms with Gasteiger partial charge in [-0.15, -0.1) is 11.3 Å². The largest absolute Gasteiger partial charge is 0.459 e. The number of furan rings is 1. The van der Waals surface area contributed by atoms with Crippen LogP contribution in [0.1, 0.15) is 36.4 Å². The number of para-hydroxylation sites is 1. The fourth-order valence-corrected chi connectivity index (χ4v) is 3.41. The zero-order valence-electron chi connectivity index (χ0n) is 13.5. The molecule has 0 bridgehead atoms. The number of rotatable bonds is 6. The van der Waals surface area contributed by atoms with Crippen LogP contribution in [0.5, 0.6) is 0 Å². The van der Waals surface area contributed by atoms with Gasteiger partial charge in [-0.1, -0.05) is 24.3 Å². The highest BCUT2D eigenvalue weighted by Crippen LogP contribution is 2.27. The number of hydrogen-bond donors (Lipinski definition) is 0. The summed E-state index contributed by atoms with van der Waals surface area (Å²) in [7, 11) is 1.85. The van der Waals surface area contributed by atoms with Crippen LogP contribution in [0.15, 0.2) is 52.3 Å². The van der Waals surface area contributed by atoms with E-state index >= 15 is 0 Å². The third-order valence-electron chi connectivity index (χ3n) is 4.22. The Morgan fingerprint density at radius 3 is 2.83 bits per heavy atom. The molecule has 0 fully saturated rings. The normalized spacial score (nSPS) is 12.4. The highest BCUT2D eigenvalue weighted by atomic mass is 32.1. The summed E-state index contributed by atoms with van der Waals surface area (Å²) in [6.07, 6.45) is 2.42. The fraction of sp³-hybridized carbons (Fsp3) is 0.316. The van der Waals surface area contributed by atoms with Crippen LogP contribution >= 0.6 is 11.3 Å². The van der Waals surface area contributed by atoms with Crippen molar-refractivity contribution >= 4 is 28.2 Å². The van der Waals surface area contributed by atoms with E-state index in [2.05, 4.69) is 17.5 Å². The van der Waals surface area contributed by atoms with Gasteiger partial charge in [-0.2, -0.15) is 0 Å². The molecule has 3 aromatic rings. The van der Waals surface area contributed by atoms with Crippen LogP contribution in [0.2, 0.25) is 0 Å². The molecule has 3 nitrogen and oxygen atoms in total. The first kappa shape index (κ1) is 15.8. The Hall–Kier alpha value is -2.07. The molecule has 1 aromatic carbocycles. The van der Waals surface area contributed by atoms with Crippen molar-refractivity contribution in [1.82, 2.24) is 4.90 Å². The Labute approximate surface area is 140 Å². The number of benzene rings is 1. The van der Waals surface area contributed by atoms with Crippen LogP contribution < -0.4 is 0 Å². The summed E-state index contributed by atoms with van der Waals surface area (Å²) in [5.74, 6) is 0.995. The highest BCUT2D eigenvalue weighted by molar-refractivity contribution is 7.09. The minimum absolute atomic E-state index is 0.0587. The van der Waals surface area contributed by atoms with Gasteiger partial charge >= 0.3 is 0 Å². The van der Waals surface area contributed by atoms with Gasteiger partial charge in [0.25, 0.3) is 0 Å². The Morgan fingerprint density at radius 1 is 1.26 bits per heavy atom. The average molecular weight is 327 g/mol. The maximum Gasteiger partial charge on any atom is 0.222 e. The van der Waals surface area contributed by atoms with Gasteiger partial charge in [0.1, 0.15) is 11.3 Å². The lowest BCUT2D eigenvalue weighted by molar-refractivity contribution is -0.132. The highest BCUT2D eigenvalue weighted by Gasteiger charge is 2.20. The van der Waals surface area contributed by atoms with Crippen LogP contribution in [0.4, 0.5) is 0 Å². The number of thiophene rings is 1. The summed E-state index contributed by atoms with van der Waals surface area (Å²) >= 11 is 1.75. The van der Waals surface area contributed by atoms with E-state index in [0.717, 1.165) is 29.6 Å². The average Bonchev–Trinajstić information content (AvgIpc) is 3.22. The molecule has 120 valence electrons. The van der Waals surface area contributed by atoms with Gasteiger partial charge in [0, 0.05) is 23.7 Å². The van der Waals surface area contributed by atoms with E-state index in [0.29, 0.717) is 6.42 Å². The van der Waals surface area contributed by atoms with Crippen molar-refractivity contribution in [3.05, 3.63) is 58.5 Å². The molecule has 2 heterocycles. The second-order valence-corrected chi connectivity index (χ2v) is 6.83. The molecule has 0 aliphatic carbocycles. The molecule has 3 rings (SSSR count). The predicted octanol–water partition coefficient (Wildman–Crippen LogP) is 5.04. The van der Waals surface area contributed by atoms with E-state index < -0.39 is 0 Å². The van der Waals surface area contributed by atoms with E-state index in [1.165, 1.54) is 4.88 Å². The third kappa shape index (κ3) is 3.64. The summed E-state index contributed by atoms with van der Waals surface area (Å²) in [5, 5.41) is 3.15. The summed E-state index contributed by atoms with van der Waals surface area (Å²) < 4.78 is 5.87. The van der Waals surface area contributed by atoms with Gasteiger partial charge in [-0.05, 0) is 43.3 Å². The number of amides is 1. The minimum Gasteiger partial charge on any atom is -0.459 e. The zero-order valence-corrected chi connectivity index (χ0v) is 14.3. The van der Waals surface area contributed by atoms with Crippen LogP contribution in [-0.4, -0.2) is 17.9 Å². The molecule has 0 aliphatic heterocycles. The number of carbonyl (C=O) groups excluding carboxylic acids is 1. The quantitative estimate of drug-likeness (QED) is 0.636. The molecule has 1 amide bonds. The van der Waals surface area contributed by atoms with Crippen molar-refractivity contribution < 1.29 is 9.21 Å². The van der Waals surface area contributed by atoms with Crippen LogP contribution in [0, 0.1) is 0 Å². The van der Waals surface area contributed by atoms with Crippen molar-refractivity contribution in [2.45, 2.75) is 32.2 Å². The van der Waals surface area contributed by atoms with Gasteiger partial charge in [0.05, 0.1) is 6.04 Å². The van der Waals surface area contributed by atoms with Crippen LogP contribution in [0.25, 0.3) is 11.0 Å². The van der Waals surface area contributed by atoms with Crippen LogP contribution in [0.3, 0.4) is 0 Å². The van der Waals surface area contributed by atoms with Gasteiger partial charge in [-0.25, -0.2) is 0 Å². The molecule has 23 heavy (non-hydrogen) atoms. The smallest absolute Gasteiger partial charge is 0.222 e. The Morgan fingerprint density at radius 2 is 2.09 bits per heavy atom. The molecule has 1 unspecified atom stereocenters. The van der Waals surface area contributed by atoms with E-state index in [1.807, 2.05) is 44.3 Å². The van der Waals surface area contributed by atoms with E-state index in [4.69, 9.17) is 4.42 Å². The van der Waals surface area contributed by atoms with Crippen molar-refractivity contribution in [1.29, 1.82) is 0 Å². The summed E-state index contributed by atoms with van der Waals surface area (Å²) in [6, 6.07) is 14.1. The summed E-state index contributed by atoms with van der Waals surface area (Å²) in [4.78, 5) is 15.5. The molecule has 4 heteroatoms. The molecule has 1 atom stereocenters. The van der Waals surface area contributed by atoms with Crippen molar-refractivity contribution in [2.24, 2.45) is 0 Å². The number of aryl methyl sites for hydroxylation is 1. The monoisotopic (exact) mass is 327 g/mol. The Bertz CT molecular complexity index is 743. The first-order valence-corrected chi connectivity index (χ1v) is 8.79. The van der Waals surface area contributed by atoms with Gasteiger partial charge < -0.3 is 9.32 Å². The Balaban J connectivity index is 1.59. The van der Waals surface area contributed by atoms with E-state index in [9.17, 15) is 4.79 Å². The predicted molar refractivity (Wildman–Crippen MR) is 94.7 cm³/mol. The molecular formula is C19H21NO2S. The summed E-state index contributed by atoms with van der Waals surface area (Å²) in [5.41, 5.74) is 0.868. The lowest BCUT2D eigenvalue weighted by atomic mass is 10.1. The molecule has 0 saturated carbocycles. The fourth-order valence-electron chi connectivity index (χ4n) is 2.66. The standard InChI is InChI=1S/C19H21NO2S/c1-14(18-13-15-7-3-4-10-17(15)22-18)20(2)19(21)11-5-8-16-9-6-12-23-16/h3-4,6-7,9-10,12-14H,5,8,11H2,1-2H3.